The molecule has 0 bridgehead atoms. The first kappa shape index (κ1) is 17.8. The van der Waals surface area contributed by atoms with Crippen molar-refractivity contribution in [3.05, 3.63) is 29.8 Å². The summed E-state index contributed by atoms with van der Waals surface area (Å²) >= 11 is 0. The van der Waals surface area contributed by atoms with Crippen LogP contribution in [-0.4, -0.2) is 40.6 Å². The SMILES string of the molecule is C[C@@H](Oc1cccc(C#N)c1)C(=O)N1CCCC[C@H]1CCC(=O)O. The molecule has 1 heterocycles. The van der Waals surface area contributed by atoms with Gasteiger partial charge >= 0.3 is 5.97 Å². The van der Waals surface area contributed by atoms with E-state index in [1.165, 1.54) is 0 Å². The van der Waals surface area contributed by atoms with Gasteiger partial charge in [0.1, 0.15) is 5.75 Å². The highest BCUT2D eigenvalue weighted by molar-refractivity contribution is 5.81. The van der Waals surface area contributed by atoms with Gasteiger partial charge in [0.25, 0.3) is 5.91 Å². The predicted molar refractivity (Wildman–Crippen MR) is 87.5 cm³/mol. The van der Waals surface area contributed by atoms with Crippen LogP contribution in [0.15, 0.2) is 24.3 Å². The molecule has 1 aliphatic rings. The van der Waals surface area contributed by atoms with Gasteiger partial charge in [-0.05, 0) is 50.8 Å². The Morgan fingerprint density at radius 1 is 1.46 bits per heavy atom. The zero-order valence-corrected chi connectivity index (χ0v) is 13.8. The first-order valence-corrected chi connectivity index (χ1v) is 8.20. The molecule has 1 N–H and O–H groups in total. The predicted octanol–water partition coefficient (Wildman–Crippen LogP) is 2.57. The van der Waals surface area contributed by atoms with Crippen LogP contribution in [0.2, 0.25) is 0 Å². The molecule has 0 unspecified atom stereocenters. The van der Waals surface area contributed by atoms with Gasteiger partial charge in [-0.15, -0.1) is 0 Å². The highest BCUT2D eigenvalue weighted by Crippen LogP contribution is 2.23. The molecule has 1 saturated heterocycles. The number of nitrogens with zero attached hydrogens (tertiary/aromatic N) is 2. The summed E-state index contributed by atoms with van der Waals surface area (Å²) in [5, 5.41) is 17.8. The number of hydrogen-bond donors (Lipinski definition) is 1. The Labute approximate surface area is 141 Å². The van der Waals surface area contributed by atoms with Crippen molar-refractivity contribution in [2.75, 3.05) is 6.54 Å². The molecular formula is C18H22N2O4. The zero-order valence-electron chi connectivity index (χ0n) is 13.8. The smallest absolute Gasteiger partial charge is 0.303 e. The summed E-state index contributed by atoms with van der Waals surface area (Å²) in [6.45, 7) is 2.32. The Morgan fingerprint density at radius 3 is 2.96 bits per heavy atom. The number of piperidine rings is 1. The van der Waals surface area contributed by atoms with Gasteiger partial charge < -0.3 is 14.7 Å². The molecule has 1 aromatic carbocycles. The summed E-state index contributed by atoms with van der Waals surface area (Å²) in [5.41, 5.74) is 0.476. The van der Waals surface area contributed by atoms with Crippen LogP contribution >= 0.6 is 0 Å². The molecule has 0 spiro atoms. The first-order valence-electron chi connectivity index (χ1n) is 8.20. The van der Waals surface area contributed by atoms with E-state index in [9.17, 15) is 9.59 Å². The second-order valence-corrected chi connectivity index (χ2v) is 6.01. The second-order valence-electron chi connectivity index (χ2n) is 6.01. The third-order valence-electron chi connectivity index (χ3n) is 4.23. The fourth-order valence-corrected chi connectivity index (χ4v) is 3.01. The van der Waals surface area contributed by atoms with Crippen molar-refractivity contribution in [1.29, 1.82) is 5.26 Å². The number of ether oxygens (including phenoxy) is 1. The van der Waals surface area contributed by atoms with Crippen LogP contribution in [0, 0.1) is 11.3 Å². The number of amides is 1. The maximum absolute atomic E-state index is 12.7. The van der Waals surface area contributed by atoms with Crippen molar-refractivity contribution in [2.45, 2.75) is 51.2 Å². The summed E-state index contributed by atoms with van der Waals surface area (Å²) in [5.74, 6) is -0.493. The van der Waals surface area contributed by atoms with Gasteiger partial charge in [0.15, 0.2) is 6.10 Å². The van der Waals surface area contributed by atoms with Gasteiger partial charge in [-0.1, -0.05) is 6.07 Å². The van der Waals surface area contributed by atoms with Gasteiger partial charge in [-0.2, -0.15) is 5.26 Å². The normalized spacial score (nSPS) is 18.5. The van der Waals surface area contributed by atoms with Crippen LogP contribution < -0.4 is 4.74 Å². The van der Waals surface area contributed by atoms with E-state index in [0.29, 0.717) is 24.3 Å². The van der Waals surface area contributed by atoms with Gasteiger partial charge in [-0.3, -0.25) is 9.59 Å². The minimum absolute atomic E-state index is 0.0427. The minimum atomic E-state index is -0.842. The molecule has 1 amide bonds. The molecule has 0 radical (unpaired) electrons. The van der Waals surface area contributed by atoms with Gasteiger partial charge in [0, 0.05) is 19.0 Å². The van der Waals surface area contributed by atoms with Crippen molar-refractivity contribution < 1.29 is 19.4 Å². The number of carbonyl (C=O) groups excluding carboxylic acids is 1. The Kier molecular flexibility index (Phi) is 6.19. The molecule has 128 valence electrons. The topological polar surface area (TPSA) is 90.6 Å². The molecule has 6 heteroatoms. The van der Waals surface area contributed by atoms with Crippen molar-refractivity contribution >= 4 is 11.9 Å². The molecule has 1 fully saturated rings. The van der Waals surface area contributed by atoms with Crippen LogP contribution in [0.1, 0.15) is 44.6 Å². The molecule has 2 rings (SSSR count). The van der Waals surface area contributed by atoms with Gasteiger partial charge in [0.05, 0.1) is 11.6 Å². The third-order valence-corrected chi connectivity index (χ3v) is 4.23. The van der Waals surface area contributed by atoms with E-state index in [2.05, 4.69) is 0 Å². The van der Waals surface area contributed by atoms with E-state index >= 15 is 0 Å². The van der Waals surface area contributed by atoms with Crippen molar-refractivity contribution in [1.82, 2.24) is 4.90 Å². The number of carboxylic acid groups (broad SMARTS) is 1. The molecule has 2 atom stereocenters. The monoisotopic (exact) mass is 330 g/mol. The fraction of sp³-hybridized carbons (Fsp3) is 0.500. The number of aliphatic carboxylic acids is 1. The molecular weight excluding hydrogens is 308 g/mol. The quantitative estimate of drug-likeness (QED) is 0.865. The van der Waals surface area contributed by atoms with E-state index in [1.807, 2.05) is 6.07 Å². The highest BCUT2D eigenvalue weighted by atomic mass is 16.5. The van der Waals surface area contributed by atoms with Gasteiger partial charge in [-0.25, -0.2) is 0 Å². The lowest BCUT2D eigenvalue weighted by molar-refractivity contribution is -0.144. The molecule has 1 aliphatic heterocycles. The van der Waals surface area contributed by atoms with Crippen LogP contribution in [0.5, 0.6) is 5.75 Å². The van der Waals surface area contributed by atoms with Crippen LogP contribution in [-0.2, 0) is 9.59 Å². The standard InChI is InChI=1S/C18H22N2O4/c1-13(24-16-7-4-5-14(11-16)12-19)18(23)20-10-3-2-6-15(20)8-9-17(21)22/h4-5,7,11,13,15H,2-3,6,8-10H2,1H3,(H,21,22)/t13-,15+/m1/s1. The van der Waals surface area contributed by atoms with Crippen molar-refractivity contribution in [2.24, 2.45) is 0 Å². The molecule has 0 aliphatic carbocycles. The van der Waals surface area contributed by atoms with E-state index in [-0.39, 0.29) is 18.4 Å². The average molecular weight is 330 g/mol. The Morgan fingerprint density at radius 2 is 2.25 bits per heavy atom. The van der Waals surface area contributed by atoms with E-state index in [4.69, 9.17) is 15.1 Å². The molecule has 6 nitrogen and oxygen atoms in total. The number of carbonyl (C=O) groups is 2. The average Bonchev–Trinajstić information content (AvgIpc) is 2.59. The van der Waals surface area contributed by atoms with Crippen LogP contribution in [0.4, 0.5) is 0 Å². The number of rotatable bonds is 6. The highest BCUT2D eigenvalue weighted by Gasteiger charge is 2.30. The minimum Gasteiger partial charge on any atom is -0.481 e. The lowest BCUT2D eigenvalue weighted by Gasteiger charge is -2.37. The second kappa shape index (κ2) is 8.34. The van der Waals surface area contributed by atoms with Crippen LogP contribution in [0.25, 0.3) is 0 Å². The number of hydrogen-bond acceptors (Lipinski definition) is 4. The summed E-state index contributed by atoms with van der Waals surface area (Å²) in [6, 6.07) is 8.69. The Bertz CT molecular complexity index is 638. The number of benzene rings is 1. The lowest BCUT2D eigenvalue weighted by Crippen LogP contribution is -2.49. The maximum Gasteiger partial charge on any atom is 0.303 e. The molecule has 24 heavy (non-hydrogen) atoms. The number of carboxylic acids is 1. The van der Waals surface area contributed by atoms with Crippen molar-refractivity contribution in [3.63, 3.8) is 0 Å². The van der Waals surface area contributed by atoms with Crippen molar-refractivity contribution in [3.8, 4) is 11.8 Å². The van der Waals surface area contributed by atoms with Gasteiger partial charge in [0.2, 0.25) is 0 Å². The molecule has 0 saturated carbocycles. The zero-order chi connectivity index (χ0) is 17.5. The summed E-state index contributed by atoms with van der Waals surface area (Å²) in [4.78, 5) is 25.3. The largest absolute Gasteiger partial charge is 0.481 e. The third kappa shape index (κ3) is 4.72. The Hall–Kier alpha value is -2.55. The number of likely N-dealkylation sites (tertiary alicyclic amines) is 1. The lowest BCUT2D eigenvalue weighted by atomic mass is 9.97. The van der Waals surface area contributed by atoms with E-state index < -0.39 is 12.1 Å². The fourth-order valence-electron chi connectivity index (χ4n) is 3.01. The molecule has 1 aromatic rings. The van der Waals surface area contributed by atoms with Crippen LogP contribution in [0.3, 0.4) is 0 Å². The summed E-state index contributed by atoms with van der Waals surface area (Å²) in [7, 11) is 0. The molecule has 0 aromatic heterocycles. The summed E-state index contributed by atoms with van der Waals surface area (Å²) in [6.07, 6.45) is 2.62. The first-order chi connectivity index (χ1) is 11.5. The van der Waals surface area contributed by atoms with E-state index in [0.717, 1.165) is 19.3 Å². The Balaban J connectivity index is 2.01. The van der Waals surface area contributed by atoms with E-state index in [1.54, 1.807) is 36.1 Å². The maximum atomic E-state index is 12.7. The number of nitriles is 1. The summed E-state index contributed by atoms with van der Waals surface area (Å²) < 4.78 is 5.69.